The summed E-state index contributed by atoms with van der Waals surface area (Å²) < 4.78 is 13.6. The summed E-state index contributed by atoms with van der Waals surface area (Å²) in [4.78, 5) is 12.9. The van der Waals surface area contributed by atoms with Gasteiger partial charge in [-0.25, -0.2) is 4.39 Å². The molecule has 2 rings (SSSR count). The van der Waals surface area contributed by atoms with Crippen LogP contribution in [0.25, 0.3) is 0 Å². The maximum Gasteiger partial charge on any atom is 0.197 e. The summed E-state index contributed by atoms with van der Waals surface area (Å²) in [6, 6.07) is 6.14. The molecule has 0 N–H and O–H groups in total. The van der Waals surface area contributed by atoms with Crippen LogP contribution in [0.4, 0.5) is 4.39 Å². The first-order chi connectivity index (χ1) is 7.61. The zero-order valence-electron chi connectivity index (χ0n) is 8.46. The third kappa shape index (κ3) is 1.88. The first kappa shape index (κ1) is 11.3. The van der Waals surface area contributed by atoms with E-state index in [2.05, 4.69) is 0 Å². The summed E-state index contributed by atoms with van der Waals surface area (Å²) >= 11 is 7.10. The Morgan fingerprint density at radius 3 is 2.69 bits per heavy atom. The predicted molar refractivity (Wildman–Crippen MR) is 63.9 cm³/mol. The van der Waals surface area contributed by atoms with E-state index in [-0.39, 0.29) is 16.4 Å². The monoisotopic (exact) mass is 254 g/mol. The normalized spacial score (nSPS) is 10.4. The summed E-state index contributed by atoms with van der Waals surface area (Å²) in [5, 5.41) is 1.78. The van der Waals surface area contributed by atoms with Crippen molar-refractivity contribution in [2.75, 3.05) is 0 Å². The molecule has 0 amide bonds. The van der Waals surface area contributed by atoms with Gasteiger partial charge in [-0.2, -0.15) is 0 Å². The topological polar surface area (TPSA) is 17.1 Å². The molecule has 0 spiro atoms. The van der Waals surface area contributed by atoms with Crippen LogP contribution in [0.1, 0.15) is 20.8 Å². The number of benzene rings is 1. The van der Waals surface area contributed by atoms with E-state index in [1.54, 1.807) is 12.1 Å². The van der Waals surface area contributed by atoms with Gasteiger partial charge in [-0.3, -0.25) is 4.79 Å². The highest BCUT2D eigenvalue weighted by Crippen LogP contribution is 2.23. The third-order valence-corrected chi connectivity index (χ3v) is 3.44. The largest absolute Gasteiger partial charge is 0.288 e. The van der Waals surface area contributed by atoms with Crippen LogP contribution < -0.4 is 0 Å². The lowest BCUT2D eigenvalue weighted by Crippen LogP contribution is -2.04. The van der Waals surface area contributed by atoms with Crippen LogP contribution in [-0.2, 0) is 0 Å². The predicted octanol–water partition coefficient (Wildman–Crippen LogP) is 4.08. The van der Waals surface area contributed by atoms with Gasteiger partial charge in [0.25, 0.3) is 0 Å². The highest BCUT2D eigenvalue weighted by molar-refractivity contribution is 7.10. The first-order valence-corrected chi connectivity index (χ1v) is 5.90. The Labute approximate surface area is 101 Å². The molecule has 0 aliphatic rings. The summed E-state index contributed by atoms with van der Waals surface area (Å²) in [5.41, 5.74) is 0.556. The van der Waals surface area contributed by atoms with E-state index in [0.29, 0.717) is 5.56 Å². The van der Waals surface area contributed by atoms with Gasteiger partial charge in [-0.1, -0.05) is 17.7 Å². The molecule has 4 heteroatoms. The minimum atomic E-state index is -0.653. The molecule has 0 unspecified atom stereocenters. The van der Waals surface area contributed by atoms with Crippen molar-refractivity contribution in [1.82, 2.24) is 0 Å². The molecular formula is C12H8ClFOS. The first-order valence-electron chi connectivity index (χ1n) is 4.64. The van der Waals surface area contributed by atoms with E-state index >= 15 is 0 Å². The molecule has 0 aliphatic carbocycles. The van der Waals surface area contributed by atoms with Crippen LogP contribution in [0.15, 0.2) is 29.6 Å². The van der Waals surface area contributed by atoms with Gasteiger partial charge in [0, 0.05) is 10.4 Å². The third-order valence-electron chi connectivity index (χ3n) is 2.30. The molecule has 1 heterocycles. The number of carbonyl (C=O) groups is 1. The molecule has 0 saturated heterocycles. The lowest BCUT2D eigenvalue weighted by Gasteiger charge is -2.03. The molecule has 1 aromatic heterocycles. The van der Waals surface area contributed by atoms with Crippen molar-refractivity contribution >= 4 is 28.7 Å². The van der Waals surface area contributed by atoms with Gasteiger partial charge in [0.15, 0.2) is 11.6 Å². The van der Waals surface area contributed by atoms with Crippen LogP contribution in [0.2, 0.25) is 5.02 Å². The Morgan fingerprint density at radius 2 is 2.06 bits per heavy atom. The standard InChI is InChI=1S/C12H8ClFOS/c1-7-8(5-6-16-7)12(15)9-3-2-4-10(13)11(9)14/h2-6H,1H3. The number of thiophene rings is 1. The zero-order valence-corrected chi connectivity index (χ0v) is 10.0. The van der Waals surface area contributed by atoms with Crippen molar-refractivity contribution in [3.8, 4) is 0 Å². The van der Waals surface area contributed by atoms with E-state index in [1.165, 1.54) is 23.5 Å². The quantitative estimate of drug-likeness (QED) is 0.738. The lowest BCUT2D eigenvalue weighted by atomic mass is 10.0. The van der Waals surface area contributed by atoms with Gasteiger partial charge >= 0.3 is 0 Å². The SMILES string of the molecule is Cc1sccc1C(=O)c1cccc(Cl)c1F. The van der Waals surface area contributed by atoms with Gasteiger partial charge in [0.1, 0.15) is 0 Å². The molecule has 82 valence electrons. The highest BCUT2D eigenvalue weighted by Gasteiger charge is 2.17. The van der Waals surface area contributed by atoms with Crippen LogP contribution in [-0.4, -0.2) is 5.78 Å². The average molecular weight is 255 g/mol. The van der Waals surface area contributed by atoms with Crippen molar-refractivity contribution in [3.05, 3.63) is 56.5 Å². The van der Waals surface area contributed by atoms with E-state index in [0.717, 1.165) is 4.88 Å². The van der Waals surface area contributed by atoms with E-state index in [9.17, 15) is 9.18 Å². The van der Waals surface area contributed by atoms with E-state index in [4.69, 9.17) is 11.6 Å². The van der Waals surface area contributed by atoms with Gasteiger partial charge in [0.2, 0.25) is 0 Å². The number of hydrogen-bond acceptors (Lipinski definition) is 2. The van der Waals surface area contributed by atoms with Crippen molar-refractivity contribution in [2.24, 2.45) is 0 Å². The van der Waals surface area contributed by atoms with Gasteiger partial charge in [0.05, 0.1) is 10.6 Å². The average Bonchev–Trinajstić information content (AvgIpc) is 2.68. The highest BCUT2D eigenvalue weighted by atomic mass is 35.5. The number of aryl methyl sites for hydroxylation is 1. The number of hydrogen-bond donors (Lipinski definition) is 0. The van der Waals surface area contributed by atoms with Crippen LogP contribution in [0, 0.1) is 12.7 Å². The summed E-state index contributed by atoms with van der Waals surface area (Å²) in [6.45, 7) is 1.83. The second kappa shape index (κ2) is 4.36. The second-order valence-corrected chi connectivity index (χ2v) is 4.85. The molecule has 0 radical (unpaired) electrons. The number of halogens is 2. The molecule has 0 fully saturated rings. The fourth-order valence-corrected chi connectivity index (χ4v) is 2.32. The maximum atomic E-state index is 13.6. The van der Waals surface area contributed by atoms with Crippen molar-refractivity contribution in [3.63, 3.8) is 0 Å². The molecule has 16 heavy (non-hydrogen) atoms. The van der Waals surface area contributed by atoms with Gasteiger partial charge < -0.3 is 0 Å². The fraction of sp³-hybridized carbons (Fsp3) is 0.0833. The molecule has 2 aromatic rings. The summed E-state index contributed by atoms with van der Waals surface area (Å²) in [6.07, 6.45) is 0. The Hall–Kier alpha value is -1.19. The maximum absolute atomic E-state index is 13.6. The molecule has 0 saturated carbocycles. The lowest BCUT2D eigenvalue weighted by molar-refractivity contribution is 0.103. The zero-order chi connectivity index (χ0) is 11.7. The minimum absolute atomic E-state index is 0.0222. The number of rotatable bonds is 2. The number of carbonyl (C=O) groups excluding carboxylic acids is 1. The van der Waals surface area contributed by atoms with Gasteiger partial charge in [-0.15, -0.1) is 11.3 Å². The van der Waals surface area contributed by atoms with Gasteiger partial charge in [-0.05, 0) is 30.5 Å². The molecule has 0 aliphatic heterocycles. The minimum Gasteiger partial charge on any atom is -0.288 e. The summed E-state index contributed by atoms with van der Waals surface area (Å²) in [7, 11) is 0. The van der Waals surface area contributed by atoms with Crippen LogP contribution >= 0.6 is 22.9 Å². The van der Waals surface area contributed by atoms with Crippen molar-refractivity contribution in [1.29, 1.82) is 0 Å². The molecule has 0 bridgehead atoms. The Bertz CT molecular complexity index is 548. The van der Waals surface area contributed by atoms with E-state index < -0.39 is 5.82 Å². The smallest absolute Gasteiger partial charge is 0.197 e. The van der Waals surface area contributed by atoms with E-state index in [1.807, 2.05) is 12.3 Å². The Kier molecular flexibility index (Phi) is 3.08. The summed E-state index contributed by atoms with van der Waals surface area (Å²) in [5.74, 6) is -0.974. The fourth-order valence-electron chi connectivity index (χ4n) is 1.44. The van der Waals surface area contributed by atoms with Crippen LogP contribution in [0.5, 0.6) is 0 Å². The molecule has 0 atom stereocenters. The van der Waals surface area contributed by atoms with Crippen LogP contribution in [0.3, 0.4) is 0 Å². The Balaban J connectivity index is 2.50. The van der Waals surface area contributed by atoms with Crippen molar-refractivity contribution < 1.29 is 9.18 Å². The molecular weight excluding hydrogens is 247 g/mol. The number of ketones is 1. The Morgan fingerprint density at radius 1 is 1.31 bits per heavy atom. The molecule has 1 aromatic carbocycles. The second-order valence-electron chi connectivity index (χ2n) is 3.32. The van der Waals surface area contributed by atoms with Crippen molar-refractivity contribution in [2.45, 2.75) is 6.92 Å². The molecule has 1 nitrogen and oxygen atoms in total.